The normalized spacial score (nSPS) is 26.6. The van der Waals surface area contributed by atoms with Crippen LogP contribution < -0.4 is 11.5 Å². The number of amidine groups is 2. The van der Waals surface area contributed by atoms with Crippen molar-refractivity contribution < 1.29 is 28.5 Å². The lowest BCUT2D eigenvalue weighted by atomic mass is 9.60. The van der Waals surface area contributed by atoms with Gasteiger partial charge in [-0.25, -0.2) is 19.6 Å². The van der Waals surface area contributed by atoms with Gasteiger partial charge in [0.1, 0.15) is 12.2 Å². The summed E-state index contributed by atoms with van der Waals surface area (Å²) in [7, 11) is 2.39. The van der Waals surface area contributed by atoms with E-state index in [0.29, 0.717) is 0 Å². The van der Waals surface area contributed by atoms with Gasteiger partial charge in [0.2, 0.25) is 0 Å². The van der Waals surface area contributed by atoms with E-state index in [1.165, 1.54) is 14.2 Å². The van der Waals surface area contributed by atoms with Crippen molar-refractivity contribution in [2.45, 2.75) is 77.7 Å². The van der Waals surface area contributed by atoms with Crippen molar-refractivity contribution >= 4 is 24.0 Å². The molecule has 10 heteroatoms. The van der Waals surface area contributed by atoms with Crippen LogP contribution in [0.3, 0.4) is 0 Å². The van der Waals surface area contributed by atoms with Crippen LogP contribution in [0.15, 0.2) is 9.98 Å². The summed E-state index contributed by atoms with van der Waals surface area (Å²) in [4.78, 5) is 34.2. The number of nitrogens with two attached hydrogens (primary N) is 2. The standard InChI is InChI=1S/C20H36N4O6/c1-11(2)13(5)29-17(21)23-19(15(25)27-7)9-10-20(19,16(26)28-8)24-18(22)30-14(6)12(3)4/h11-14H,9-10H2,1-8H3,(H2,21,23)(H2,22,24). The molecule has 0 aromatic carbocycles. The fourth-order valence-corrected chi connectivity index (χ4v) is 2.95. The first-order chi connectivity index (χ1) is 13.9. The zero-order valence-electron chi connectivity index (χ0n) is 19.2. The van der Waals surface area contributed by atoms with Gasteiger partial charge in [-0.15, -0.1) is 0 Å². The van der Waals surface area contributed by atoms with Gasteiger partial charge in [-0.3, -0.25) is 0 Å². The van der Waals surface area contributed by atoms with Crippen LogP contribution in [0.5, 0.6) is 0 Å². The van der Waals surface area contributed by atoms with Gasteiger partial charge in [0, 0.05) is 0 Å². The molecule has 0 bridgehead atoms. The van der Waals surface area contributed by atoms with E-state index in [2.05, 4.69) is 9.98 Å². The molecule has 0 aromatic rings. The number of hydrogen-bond donors (Lipinski definition) is 2. The number of esters is 2. The highest BCUT2D eigenvalue weighted by molar-refractivity contribution is 6.00. The second-order valence-electron chi connectivity index (χ2n) is 8.24. The minimum atomic E-state index is -1.77. The van der Waals surface area contributed by atoms with Crippen LogP contribution in [0.25, 0.3) is 0 Å². The quantitative estimate of drug-likeness (QED) is 0.334. The zero-order chi connectivity index (χ0) is 23.3. The van der Waals surface area contributed by atoms with Crippen molar-refractivity contribution in [2.24, 2.45) is 33.3 Å². The lowest BCUT2D eigenvalue weighted by molar-refractivity contribution is -0.169. The van der Waals surface area contributed by atoms with Crippen molar-refractivity contribution in [3.63, 3.8) is 0 Å². The minimum absolute atomic E-state index is 0.144. The SMILES string of the molecule is COC(=O)C1(N=C(N)OC(C)C(C)C)CCC1(N=C(N)OC(C)C(C)C)C(=O)OC. The number of nitrogens with zero attached hydrogens (tertiary/aromatic N) is 2. The van der Waals surface area contributed by atoms with Crippen LogP contribution in [0.4, 0.5) is 0 Å². The molecular weight excluding hydrogens is 392 g/mol. The van der Waals surface area contributed by atoms with Crippen molar-refractivity contribution in [1.82, 2.24) is 0 Å². The maximum absolute atomic E-state index is 12.8. The van der Waals surface area contributed by atoms with Gasteiger partial charge in [0.05, 0.1) is 14.2 Å². The second-order valence-corrected chi connectivity index (χ2v) is 8.24. The zero-order valence-corrected chi connectivity index (χ0v) is 19.2. The minimum Gasteiger partial charge on any atom is -0.467 e. The number of methoxy groups -OCH3 is 2. The summed E-state index contributed by atoms with van der Waals surface area (Å²) in [6.07, 6.45) is -0.240. The van der Waals surface area contributed by atoms with Crippen molar-refractivity contribution in [3.05, 3.63) is 0 Å². The molecule has 0 saturated heterocycles. The molecule has 172 valence electrons. The predicted molar refractivity (Wildman–Crippen MR) is 113 cm³/mol. The Morgan fingerprint density at radius 3 is 1.23 bits per heavy atom. The Labute approximate surface area is 178 Å². The van der Waals surface area contributed by atoms with Gasteiger partial charge < -0.3 is 30.4 Å². The largest absolute Gasteiger partial charge is 0.467 e. The third kappa shape index (κ3) is 4.96. The van der Waals surface area contributed by atoms with Gasteiger partial charge in [-0.2, -0.15) is 0 Å². The molecule has 1 rings (SSSR count). The lowest BCUT2D eigenvalue weighted by Gasteiger charge is -2.49. The maximum Gasteiger partial charge on any atom is 0.337 e. The van der Waals surface area contributed by atoms with Gasteiger partial charge in [-0.1, -0.05) is 27.7 Å². The topological polar surface area (TPSA) is 148 Å². The van der Waals surface area contributed by atoms with Gasteiger partial charge in [-0.05, 0) is 38.5 Å². The third-order valence-corrected chi connectivity index (χ3v) is 5.67. The number of ether oxygens (including phenoxy) is 4. The second kappa shape index (κ2) is 9.99. The summed E-state index contributed by atoms with van der Waals surface area (Å²) < 4.78 is 21.1. The highest BCUT2D eigenvalue weighted by atomic mass is 16.5. The Morgan fingerprint density at radius 1 is 0.733 bits per heavy atom. The van der Waals surface area contributed by atoms with E-state index in [4.69, 9.17) is 30.4 Å². The van der Waals surface area contributed by atoms with E-state index < -0.39 is 23.0 Å². The van der Waals surface area contributed by atoms with E-state index in [0.717, 1.165) is 0 Å². The highest BCUT2D eigenvalue weighted by Gasteiger charge is 2.71. The predicted octanol–water partition coefficient (Wildman–Crippen LogP) is 1.36. The summed E-state index contributed by atoms with van der Waals surface area (Å²) in [5.74, 6) is -1.29. The van der Waals surface area contributed by atoms with E-state index in [1.807, 2.05) is 41.5 Å². The Kier molecular flexibility index (Phi) is 8.50. The van der Waals surface area contributed by atoms with E-state index in [-0.39, 0.29) is 48.9 Å². The smallest absolute Gasteiger partial charge is 0.337 e. The summed E-state index contributed by atoms with van der Waals surface area (Å²) in [5.41, 5.74) is 8.40. The Morgan fingerprint density at radius 2 is 1.03 bits per heavy atom. The number of carbonyl (C=O) groups excluding carboxylic acids is 2. The molecule has 0 aromatic heterocycles. The molecule has 30 heavy (non-hydrogen) atoms. The first kappa shape index (κ1) is 25.5. The Hall–Kier alpha value is -2.52. The molecule has 0 aliphatic heterocycles. The monoisotopic (exact) mass is 428 g/mol. The molecule has 4 N–H and O–H groups in total. The molecule has 4 unspecified atom stereocenters. The first-order valence-corrected chi connectivity index (χ1v) is 10.1. The number of aliphatic imine (C=N–C) groups is 2. The summed E-state index contributed by atoms with van der Waals surface area (Å²) >= 11 is 0. The Balaban J connectivity index is 3.48. The molecule has 10 nitrogen and oxygen atoms in total. The van der Waals surface area contributed by atoms with Crippen LogP contribution >= 0.6 is 0 Å². The summed E-state index contributed by atoms with van der Waals surface area (Å²) in [6.45, 7) is 11.5. The third-order valence-electron chi connectivity index (χ3n) is 5.67. The van der Waals surface area contributed by atoms with Crippen LogP contribution in [0, 0.1) is 11.8 Å². The molecular formula is C20H36N4O6. The van der Waals surface area contributed by atoms with E-state index in [9.17, 15) is 9.59 Å². The molecule has 1 saturated carbocycles. The first-order valence-electron chi connectivity index (χ1n) is 10.1. The van der Waals surface area contributed by atoms with Crippen LogP contribution in [-0.2, 0) is 28.5 Å². The Bertz CT molecular complexity index is 635. The summed E-state index contributed by atoms with van der Waals surface area (Å²) in [5, 5.41) is 0. The van der Waals surface area contributed by atoms with Crippen molar-refractivity contribution in [3.8, 4) is 0 Å². The number of rotatable bonds is 8. The number of carbonyl (C=O) groups is 2. The summed E-state index contributed by atoms with van der Waals surface area (Å²) in [6, 6.07) is -0.500. The van der Waals surface area contributed by atoms with Gasteiger partial charge in [0.15, 0.2) is 11.1 Å². The van der Waals surface area contributed by atoms with E-state index >= 15 is 0 Å². The molecule has 0 radical (unpaired) electrons. The van der Waals surface area contributed by atoms with Gasteiger partial charge >= 0.3 is 11.9 Å². The molecule has 0 amide bonds. The van der Waals surface area contributed by atoms with Crippen molar-refractivity contribution in [2.75, 3.05) is 14.2 Å². The molecule has 0 heterocycles. The van der Waals surface area contributed by atoms with E-state index in [1.54, 1.807) is 0 Å². The van der Waals surface area contributed by atoms with Crippen molar-refractivity contribution in [1.29, 1.82) is 0 Å². The van der Waals surface area contributed by atoms with Crippen LogP contribution in [-0.4, -0.2) is 61.5 Å². The fourth-order valence-electron chi connectivity index (χ4n) is 2.95. The maximum atomic E-state index is 12.8. The molecule has 1 aliphatic rings. The van der Waals surface area contributed by atoms with Crippen LogP contribution in [0.2, 0.25) is 0 Å². The molecule has 1 aliphatic carbocycles. The molecule has 0 spiro atoms. The van der Waals surface area contributed by atoms with Crippen LogP contribution in [0.1, 0.15) is 54.4 Å². The lowest BCUT2D eigenvalue weighted by Crippen LogP contribution is -2.70. The number of hydrogen-bond acceptors (Lipinski definition) is 8. The molecule has 4 atom stereocenters. The average Bonchev–Trinajstić information content (AvgIpc) is 2.67. The fraction of sp³-hybridized carbons (Fsp3) is 0.800. The molecule has 1 fully saturated rings. The van der Waals surface area contributed by atoms with Gasteiger partial charge in [0.25, 0.3) is 12.0 Å². The highest BCUT2D eigenvalue weighted by Crippen LogP contribution is 2.50. The average molecular weight is 429 g/mol.